The Morgan fingerprint density at radius 1 is 1.19 bits per heavy atom. The van der Waals surface area contributed by atoms with E-state index in [-0.39, 0.29) is 53.9 Å². The van der Waals surface area contributed by atoms with E-state index in [2.05, 4.69) is 20.9 Å². The molecule has 31 heavy (non-hydrogen) atoms. The number of nitrogens with zero attached hydrogens (tertiary/aromatic N) is 2. The van der Waals surface area contributed by atoms with Crippen molar-refractivity contribution < 1.29 is 18.7 Å². The Balaban J connectivity index is 0.00000341. The second kappa shape index (κ2) is 11.7. The maximum absolute atomic E-state index is 14.0. The van der Waals surface area contributed by atoms with Crippen LogP contribution in [0.3, 0.4) is 0 Å². The van der Waals surface area contributed by atoms with Crippen molar-refractivity contribution in [1.82, 2.24) is 10.6 Å². The van der Waals surface area contributed by atoms with E-state index in [0.29, 0.717) is 37.7 Å². The van der Waals surface area contributed by atoms with Crippen molar-refractivity contribution in [2.45, 2.75) is 19.4 Å². The lowest BCUT2D eigenvalue weighted by Gasteiger charge is -2.21. The van der Waals surface area contributed by atoms with Crippen LogP contribution in [-0.4, -0.2) is 49.2 Å². The summed E-state index contributed by atoms with van der Waals surface area (Å²) in [5.41, 5.74) is 0.543. The number of hydrogen-bond acceptors (Lipinski definition) is 4. The van der Waals surface area contributed by atoms with Crippen molar-refractivity contribution >= 4 is 47.2 Å². The maximum Gasteiger partial charge on any atom is 0.246 e. The standard InChI is InChI=1S/C21H25F2N5O2.HI/c1-2-24-21(25-12-19(30)26-14-6-8-16(29)9-7-14)27-15-10-11-28(13-15)20-17(22)4-3-5-18(20)23;/h3-9,15,29H,2,10-13H2,1H3,(H,26,30)(H2,24,25,27);1H. The van der Waals surface area contributed by atoms with Crippen LogP contribution in [0.2, 0.25) is 0 Å². The number of para-hydroxylation sites is 1. The Morgan fingerprint density at radius 3 is 2.52 bits per heavy atom. The molecular weight excluding hydrogens is 519 g/mol. The van der Waals surface area contributed by atoms with Crippen LogP contribution < -0.4 is 20.9 Å². The van der Waals surface area contributed by atoms with Gasteiger partial charge in [-0.05, 0) is 49.7 Å². The van der Waals surface area contributed by atoms with Crippen molar-refractivity contribution in [1.29, 1.82) is 0 Å². The predicted molar refractivity (Wildman–Crippen MR) is 128 cm³/mol. The molecule has 1 unspecified atom stereocenters. The van der Waals surface area contributed by atoms with E-state index in [4.69, 9.17) is 0 Å². The number of amides is 1. The van der Waals surface area contributed by atoms with Crippen LogP contribution in [0.4, 0.5) is 20.2 Å². The molecule has 1 heterocycles. The fourth-order valence-corrected chi connectivity index (χ4v) is 3.28. The molecule has 1 aliphatic heterocycles. The number of phenols is 1. The van der Waals surface area contributed by atoms with Gasteiger partial charge in [0, 0.05) is 31.4 Å². The highest BCUT2D eigenvalue weighted by atomic mass is 127. The SMILES string of the molecule is CCNC(=NCC(=O)Nc1ccc(O)cc1)NC1CCN(c2c(F)cccc2F)C1.I. The molecule has 0 bridgehead atoms. The minimum atomic E-state index is -0.581. The Labute approximate surface area is 197 Å². The number of phenolic OH excluding ortho intramolecular Hbond substituents is 1. The first-order valence-corrected chi connectivity index (χ1v) is 9.79. The topological polar surface area (TPSA) is 89.0 Å². The summed E-state index contributed by atoms with van der Waals surface area (Å²) in [7, 11) is 0. The second-order valence-corrected chi connectivity index (χ2v) is 6.94. The molecule has 2 aromatic rings. The van der Waals surface area contributed by atoms with Gasteiger partial charge in [-0.15, -0.1) is 24.0 Å². The molecule has 10 heteroatoms. The first-order chi connectivity index (χ1) is 14.5. The number of guanidine groups is 1. The zero-order chi connectivity index (χ0) is 21.5. The first-order valence-electron chi connectivity index (χ1n) is 9.79. The van der Waals surface area contributed by atoms with Crippen molar-refractivity contribution in [3.63, 3.8) is 0 Å². The molecule has 3 rings (SSSR count). The number of rotatable bonds is 6. The summed E-state index contributed by atoms with van der Waals surface area (Å²) < 4.78 is 28.1. The molecule has 1 aliphatic rings. The van der Waals surface area contributed by atoms with E-state index in [9.17, 15) is 18.7 Å². The molecule has 0 radical (unpaired) electrons. The number of halogens is 3. The Kier molecular flexibility index (Phi) is 9.28. The van der Waals surface area contributed by atoms with Crippen molar-refractivity contribution in [3.8, 4) is 5.75 Å². The number of nitrogens with one attached hydrogen (secondary N) is 3. The average molecular weight is 545 g/mol. The van der Waals surface area contributed by atoms with Gasteiger partial charge in [-0.2, -0.15) is 0 Å². The van der Waals surface area contributed by atoms with E-state index in [1.807, 2.05) is 6.92 Å². The number of carbonyl (C=O) groups excluding carboxylic acids is 1. The fraction of sp³-hybridized carbons (Fsp3) is 0.333. The van der Waals surface area contributed by atoms with Gasteiger partial charge in [0.15, 0.2) is 5.96 Å². The van der Waals surface area contributed by atoms with Crippen LogP contribution in [0.25, 0.3) is 0 Å². The predicted octanol–water partition coefficient (Wildman–Crippen LogP) is 3.06. The largest absolute Gasteiger partial charge is 0.508 e. The molecule has 1 amide bonds. The first kappa shape index (κ1) is 24.6. The summed E-state index contributed by atoms with van der Waals surface area (Å²) in [6.07, 6.45) is 0.678. The summed E-state index contributed by atoms with van der Waals surface area (Å²) in [5, 5.41) is 18.3. The number of anilines is 2. The summed E-state index contributed by atoms with van der Waals surface area (Å²) in [5.74, 6) is -0.895. The van der Waals surface area contributed by atoms with Crippen LogP contribution in [0.1, 0.15) is 13.3 Å². The summed E-state index contributed by atoms with van der Waals surface area (Å²) in [4.78, 5) is 18.1. The van der Waals surface area contributed by atoms with Crippen LogP contribution in [0, 0.1) is 11.6 Å². The minimum absolute atomic E-state index is 0. The molecule has 0 spiro atoms. The van der Waals surface area contributed by atoms with Crippen LogP contribution in [0.15, 0.2) is 47.5 Å². The van der Waals surface area contributed by atoms with E-state index in [0.717, 1.165) is 0 Å². The summed E-state index contributed by atoms with van der Waals surface area (Å²) in [6.45, 7) is 3.33. The molecule has 0 aromatic heterocycles. The molecule has 7 nitrogen and oxygen atoms in total. The summed E-state index contributed by atoms with van der Waals surface area (Å²) in [6, 6.07) is 9.92. The highest BCUT2D eigenvalue weighted by molar-refractivity contribution is 14.0. The second-order valence-electron chi connectivity index (χ2n) is 6.94. The van der Waals surface area contributed by atoms with Crippen LogP contribution in [0.5, 0.6) is 5.75 Å². The molecule has 0 saturated carbocycles. The molecule has 168 valence electrons. The molecule has 0 aliphatic carbocycles. The van der Waals surface area contributed by atoms with E-state index in [1.54, 1.807) is 17.0 Å². The van der Waals surface area contributed by atoms with Gasteiger partial charge < -0.3 is 26.0 Å². The molecule has 1 atom stereocenters. The van der Waals surface area contributed by atoms with Crippen molar-refractivity contribution in [2.75, 3.05) is 36.4 Å². The Bertz CT molecular complexity index is 891. The van der Waals surface area contributed by atoms with Crippen molar-refractivity contribution in [3.05, 3.63) is 54.1 Å². The van der Waals surface area contributed by atoms with Gasteiger partial charge in [-0.1, -0.05) is 6.07 Å². The van der Waals surface area contributed by atoms with Crippen molar-refractivity contribution in [2.24, 2.45) is 4.99 Å². The summed E-state index contributed by atoms with van der Waals surface area (Å²) >= 11 is 0. The fourth-order valence-electron chi connectivity index (χ4n) is 3.28. The Morgan fingerprint density at radius 2 is 1.87 bits per heavy atom. The number of aromatic hydroxyl groups is 1. The lowest BCUT2D eigenvalue weighted by Crippen LogP contribution is -2.45. The molecular formula is C21H26F2IN5O2. The normalized spacial score (nSPS) is 15.9. The Hall–Kier alpha value is -2.63. The highest BCUT2D eigenvalue weighted by Crippen LogP contribution is 2.26. The average Bonchev–Trinajstić information content (AvgIpc) is 3.16. The maximum atomic E-state index is 14.0. The quantitative estimate of drug-likeness (QED) is 0.194. The zero-order valence-electron chi connectivity index (χ0n) is 17.1. The zero-order valence-corrected chi connectivity index (χ0v) is 19.4. The molecule has 4 N–H and O–H groups in total. The third kappa shape index (κ3) is 6.94. The van der Waals surface area contributed by atoms with Gasteiger partial charge in [0.2, 0.25) is 5.91 Å². The lowest BCUT2D eigenvalue weighted by atomic mass is 10.2. The third-order valence-electron chi connectivity index (χ3n) is 4.66. The smallest absolute Gasteiger partial charge is 0.246 e. The van der Waals surface area contributed by atoms with Crippen LogP contribution in [-0.2, 0) is 4.79 Å². The van der Waals surface area contributed by atoms with Gasteiger partial charge in [-0.25, -0.2) is 13.8 Å². The van der Waals surface area contributed by atoms with E-state index in [1.165, 1.54) is 30.3 Å². The van der Waals surface area contributed by atoms with Gasteiger partial charge >= 0.3 is 0 Å². The lowest BCUT2D eigenvalue weighted by molar-refractivity contribution is -0.114. The third-order valence-corrected chi connectivity index (χ3v) is 4.66. The van der Waals surface area contributed by atoms with E-state index < -0.39 is 11.6 Å². The monoisotopic (exact) mass is 545 g/mol. The number of carbonyl (C=O) groups is 1. The molecule has 2 aromatic carbocycles. The molecule has 1 saturated heterocycles. The van der Waals surface area contributed by atoms with Gasteiger partial charge in [0.05, 0.1) is 0 Å². The molecule has 1 fully saturated rings. The van der Waals surface area contributed by atoms with Crippen LogP contribution >= 0.6 is 24.0 Å². The van der Waals surface area contributed by atoms with Gasteiger partial charge in [-0.3, -0.25) is 4.79 Å². The van der Waals surface area contributed by atoms with Gasteiger partial charge in [0.1, 0.15) is 29.6 Å². The van der Waals surface area contributed by atoms with E-state index >= 15 is 0 Å². The van der Waals surface area contributed by atoms with Gasteiger partial charge in [0.25, 0.3) is 0 Å². The number of hydrogen-bond donors (Lipinski definition) is 4. The number of aliphatic imine (C=N–C) groups is 1. The number of benzene rings is 2. The highest BCUT2D eigenvalue weighted by Gasteiger charge is 2.27. The minimum Gasteiger partial charge on any atom is -0.508 e.